The average Bonchev–Trinajstić information content (AvgIpc) is 3.24. The van der Waals surface area contributed by atoms with Crippen LogP contribution in [0, 0.1) is 0 Å². The Morgan fingerprint density at radius 3 is 2.52 bits per heavy atom. The maximum Gasteiger partial charge on any atom is 0.338 e. The van der Waals surface area contributed by atoms with Gasteiger partial charge in [0.05, 0.1) is 12.7 Å². The highest BCUT2D eigenvalue weighted by Crippen LogP contribution is 2.27. The van der Waals surface area contributed by atoms with Crippen LogP contribution in [0.4, 0.5) is 0 Å². The summed E-state index contributed by atoms with van der Waals surface area (Å²) in [5.74, 6) is -0.218. The quantitative estimate of drug-likeness (QED) is 0.582. The molecule has 0 aliphatic rings. The number of carbonyl (C=O) groups excluding carboxylic acids is 1. The van der Waals surface area contributed by atoms with Crippen molar-refractivity contribution in [1.82, 2.24) is 14.9 Å². The van der Waals surface area contributed by atoms with Crippen molar-refractivity contribution in [3.05, 3.63) is 60.0 Å². The summed E-state index contributed by atoms with van der Waals surface area (Å²) in [6.45, 7) is 1.58. The van der Waals surface area contributed by atoms with Crippen LogP contribution in [0.5, 0.6) is 5.75 Å². The zero-order valence-electron chi connectivity index (χ0n) is 15.9. The van der Waals surface area contributed by atoms with E-state index in [2.05, 4.69) is 14.9 Å². The number of rotatable bonds is 7. The zero-order chi connectivity index (χ0) is 21.0. The molecule has 1 aromatic heterocycles. The van der Waals surface area contributed by atoms with Gasteiger partial charge in [0.15, 0.2) is 6.10 Å². The van der Waals surface area contributed by atoms with E-state index in [4.69, 9.17) is 13.9 Å². The normalized spacial score (nSPS) is 12.4. The first-order valence-electron chi connectivity index (χ1n) is 8.57. The lowest BCUT2D eigenvalue weighted by Gasteiger charge is -2.12. The van der Waals surface area contributed by atoms with Crippen molar-refractivity contribution in [2.24, 2.45) is 0 Å². The molecule has 9 nitrogen and oxygen atoms in total. The lowest BCUT2D eigenvalue weighted by molar-refractivity contribution is 0.0279. The standard InChI is InChI=1S/C19H19N3O6S/c1-12(17-21-22-18(28-17)13-7-5-4-6-8-13)27-19(23)14-9-10-15(26-3)16(11-14)29(24,25)20-2/h4-12,20H,1-3H3/t12-/m1/s1. The van der Waals surface area contributed by atoms with Crippen LogP contribution in [0.1, 0.15) is 29.3 Å². The molecule has 3 aromatic rings. The number of benzene rings is 2. The van der Waals surface area contributed by atoms with E-state index < -0.39 is 22.1 Å². The highest BCUT2D eigenvalue weighted by Gasteiger charge is 2.23. The van der Waals surface area contributed by atoms with E-state index in [-0.39, 0.29) is 22.1 Å². The van der Waals surface area contributed by atoms with Gasteiger partial charge in [0.2, 0.25) is 15.9 Å². The smallest absolute Gasteiger partial charge is 0.338 e. The van der Waals surface area contributed by atoms with Gasteiger partial charge in [-0.05, 0) is 44.3 Å². The molecular weight excluding hydrogens is 398 g/mol. The Bertz CT molecular complexity index is 1110. The van der Waals surface area contributed by atoms with Crippen molar-refractivity contribution in [2.45, 2.75) is 17.9 Å². The second-order valence-corrected chi connectivity index (χ2v) is 7.79. The minimum Gasteiger partial charge on any atom is -0.495 e. The zero-order valence-corrected chi connectivity index (χ0v) is 16.8. The Morgan fingerprint density at radius 2 is 1.86 bits per heavy atom. The highest BCUT2D eigenvalue weighted by molar-refractivity contribution is 7.89. The summed E-state index contributed by atoms with van der Waals surface area (Å²) in [4.78, 5) is 12.3. The summed E-state index contributed by atoms with van der Waals surface area (Å²) < 4.78 is 42.5. The molecule has 0 fully saturated rings. The molecule has 2 aromatic carbocycles. The lowest BCUT2D eigenvalue weighted by Crippen LogP contribution is -2.20. The first-order chi connectivity index (χ1) is 13.9. The van der Waals surface area contributed by atoms with Gasteiger partial charge in [-0.15, -0.1) is 10.2 Å². The third kappa shape index (κ3) is 4.44. The molecule has 0 spiro atoms. The summed E-state index contributed by atoms with van der Waals surface area (Å²) in [6, 6.07) is 13.1. The molecule has 0 saturated heterocycles. The van der Waals surface area contributed by atoms with Gasteiger partial charge in [-0.2, -0.15) is 0 Å². The molecule has 0 unspecified atom stereocenters. The van der Waals surface area contributed by atoms with Crippen LogP contribution in [0.3, 0.4) is 0 Å². The largest absolute Gasteiger partial charge is 0.495 e. The Kier molecular flexibility index (Phi) is 5.95. The first-order valence-corrected chi connectivity index (χ1v) is 10.1. The van der Waals surface area contributed by atoms with Crippen molar-refractivity contribution < 1.29 is 27.1 Å². The lowest BCUT2D eigenvalue weighted by atomic mass is 10.2. The third-order valence-corrected chi connectivity index (χ3v) is 5.49. The Labute approximate surface area is 167 Å². The topological polar surface area (TPSA) is 121 Å². The molecule has 3 rings (SSSR count). The molecule has 1 N–H and O–H groups in total. The van der Waals surface area contributed by atoms with Crippen LogP contribution in [0.15, 0.2) is 57.8 Å². The minimum absolute atomic E-state index is 0.0364. The maximum atomic E-state index is 12.5. The van der Waals surface area contributed by atoms with E-state index in [0.29, 0.717) is 5.89 Å². The summed E-state index contributed by atoms with van der Waals surface area (Å²) in [5, 5.41) is 7.87. The Hall–Kier alpha value is -3.24. The van der Waals surface area contributed by atoms with Gasteiger partial charge in [-0.3, -0.25) is 0 Å². The summed E-state index contributed by atoms with van der Waals surface area (Å²) >= 11 is 0. The summed E-state index contributed by atoms with van der Waals surface area (Å²) in [7, 11) is -1.23. The molecule has 0 amide bonds. The monoisotopic (exact) mass is 417 g/mol. The average molecular weight is 417 g/mol. The van der Waals surface area contributed by atoms with Crippen molar-refractivity contribution >= 4 is 16.0 Å². The van der Waals surface area contributed by atoms with Gasteiger partial charge in [-0.1, -0.05) is 18.2 Å². The van der Waals surface area contributed by atoms with Crippen molar-refractivity contribution in [3.8, 4) is 17.2 Å². The van der Waals surface area contributed by atoms with Gasteiger partial charge in [-0.25, -0.2) is 17.9 Å². The Morgan fingerprint density at radius 1 is 1.14 bits per heavy atom. The SMILES string of the molecule is CNS(=O)(=O)c1cc(C(=O)O[C@H](C)c2nnc(-c3ccccc3)o2)ccc1OC. The number of nitrogens with zero attached hydrogens (tertiary/aromatic N) is 2. The number of sulfonamides is 1. The van der Waals surface area contributed by atoms with E-state index in [1.54, 1.807) is 6.92 Å². The second kappa shape index (κ2) is 8.41. The summed E-state index contributed by atoms with van der Waals surface area (Å²) in [6.07, 6.45) is -0.834. The number of aromatic nitrogens is 2. The third-order valence-electron chi connectivity index (χ3n) is 4.05. The Balaban J connectivity index is 1.80. The van der Waals surface area contributed by atoms with Crippen LogP contribution in [-0.4, -0.2) is 38.7 Å². The van der Waals surface area contributed by atoms with Crippen molar-refractivity contribution in [1.29, 1.82) is 0 Å². The molecule has 29 heavy (non-hydrogen) atoms. The second-order valence-electron chi connectivity index (χ2n) is 5.93. The fraction of sp³-hybridized carbons (Fsp3) is 0.211. The number of methoxy groups -OCH3 is 1. The number of hydrogen-bond acceptors (Lipinski definition) is 8. The fourth-order valence-electron chi connectivity index (χ4n) is 2.50. The minimum atomic E-state index is -3.83. The van der Waals surface area contributed by atoms with Crippen LogP contribution < -0.4 is 9.46 Å². The van der Waals surface area contributed by atoms with E-state index in [9.17, 15) is 13.2 Å². The number of ether oxygens (including phenoxy) is 2. The van der Waals surface area contributed by atoms with E-state index in [0.717, 1.165) is 5.56 Å². The summed E-state index contributed by atoms with van der Waals surface area (Å²) in [5.41, 5.74) is 0.774. The predicted octanol–water partition coefficient (Wildman–Crippen LogP) is 2.57. The van der Waals surface area contributed by atoms with Crippen LogP contribution >= 0.6 is 0 Å². The molecule has 0 aliphatic heterocycles. The van der Waals surface area contributed by atoms with E-state index in [1.165, 1.54) is 32.4 Å². The number of hydrogen-bond donors (Lipinski definition) is 1. The van der Waals surface area contributed by atoms with Gasteiger partial charge in [0, 0.05) is 5.56 Å². The number of nitrogens with one attached hydrogen (secondary N) is 1. The molecule has 0 saturated carbocycles. The van der Waals surface area contributed by atoms with Gasteiger partial charge in [0.25, 0.3) is 5.89 Å². The van der Waals surface area contributed by atoms with E-state index in [1.807, 2.05) is 30.3 Å². The first kappa shape index (κ1) is 20.5. The molecule has 1 heterocycles. The molecular formula is C19H19N3O6S. The van der Waals surface area contributed by atoms with E-state index >= 15 is 0 Å². The molecule has 152 valence electrons. The van der Waals surface area contributed by atoms with Gasteiger partial charge < -0.3 is 13.9 Å². The molecule has 0 bridgehead atoms. The molecule has 10 heteroatoms. The van der Waals surface area contributed by atoms with Gasteiger partial charge in [0.1, 0.15) is 10.6 Å². The van der Waals surface area contributed by atoms with Crippen LogP contribution in [0.2, 0.25) is 0 Å². The maximum absolute atomic E-state index is 12.5. The molecule has 1 atom stereocenters. The van der Waals surface area contributed by atoms with Crippen LogP contribution in [0.25, 0.3) is 11.5 Å². The predicted molar refractivity (Wildman–Crippen MR) is 103 cm³/mol. The molecule has 0 aliphatic carbocycles. The molecule has 0 radical (unpaired) electrons. The van der Waals surface area contributed by atoms with Crippen LogP contribution in [-0.2, 0) is 14.8 Å². The number of carbonyl (C=O) groups is 1. The fourth-order valence-corrected chi connectivity index (χ4v) is 3.42. The number of esters is 1. The van der Waals surface area contributed by atoms with Crippen molar-refractivity contribution in [3.63, 3.8) is 0 Å². The van der Waals surface area contributed by atoms with Crippen molar-refractivity contribution in [2.75, 3.05) is 14.2 Å². The van der Waals surface area contributed by atoms with Gasteiger partial charge >= 0.3 is 5.97 Å². The highest BCUT2D eigenvalue weighted by atomic mass is 32.2.